The van der Waals surface area contributed by atoms with Crippen LogP contribution in [-0.4, -0.2) is 25.3 Å². The smallest absolute Gasteiger partial charge is 0.305 e. The molecule has 5 heteroatoms. The monoisotopic (exact) mass is 239 g/mol. The summed E-state index contributed by atoms with van der Waals surface area (Å²) in [6, 6.07) is 2.90. The molecule has 0 amide bonds. The van der Waals surface area contributed by atoms with Crippen LogP contribution in [0.4, 0.5) is 0 Å². The molecule has 0 bridgehead atoms. The fraction of sp³-hybridized carbons (Fsp3) is 0.417. The van der Waals surface area contributed by atoms with Crippen molar-refractivity contribution in [2.24, 2.45) is 5.73 Å². The molecule has 3 N–H and O–H groups in total. The Bertz CT molecular complexity index is 417. The molecule has 1 rings (SSSR count). The van der Waals surface area contributed by atoms with Crippen molar-refractivity contribution in [3.8, 4) is 11.5 Å². The van der Waals surface area contributed by atoms with E-state index in [2.05, 4.69) is 0 Å². The third-order valence-corrected chi connectivity index (χ3v) is 2.60. The molecular formula is C12H17NO4. The number of ether oxygens (including phenoxy) is 2. The second kappa shape index (κ2) is 5.54. The number of benzene rings is 1. The highest BCUT2D eigenvalue weighted by molar-refractivity contribution is 5.68. The Hall–Kier alpha value is -1.75. The van der Waals surface area contributed by atoms with E-state index in [9.17, 15) is 4.79 Å². The van der Waals surface area contributed by atoms with E-state index in [0.29, 0.717) is 17.1 Å². The van der Waals surface area contributed by atoms with Gasteiger partial charge in [-0.1, -0.05) is 6.07 Å². The third kappa shape index (κ3) is 2.88. The molecule has 0 aliphatic rings. The maximum Gasteiger partial charge on any atom is 0.305 e. The highest BCUT2D eigenvalue weighted by Gasteiger charge is 2.18. The van der Waals surface area contributed by atoms with Crippen LogP contribution in [0.25, 0.3) is 0 Å². The summed E-state index contributed by atoms with van der Waals surface area (Å²) in [5, 5.41) is 8.73. The van der Waals surface area contributed by atoms with E-state index in [1.54, 1.807) is 19.2 Å². The van der Waals surface area contributed by atoms with Crippen LogP contribution in [-0.2, 0) is 4.79 Å². The van der Waals surface area contributed by atoms with Crippen LogP contribution in [0.5, 0.6) is 11.5 Å². The van der Waals surface area contributed by atoms with Gasteiger partial charge in [-0.05, 0) is 13.0 Å². The van der Waals surface area contributed by atoms with Gasteiger partial charge in [0, 0.05) is 17.2 Å². The van der Waals surface area contributed by atoms with Crippen molar-refractivity contribution >= 4 is 5.97 Å². The molecule has 0 heterocycles. The number of carboxylic acid groups (broad SMARTS) is 1. The van der Waals surface area contributed by atoms with Crippen molar-refractivity contribution < 1.29 is 19.4 Å². The first-order chi connectivity index (χ1) is 8.01. The van der Waals surface area contributed by atoms with Gasteiger partial charge in [-0.2, -0.15) is 0 Å². The van der Waals surface area contributed by atoms with Crippen molar-refractivity contribution in [2.75, 3.05) is 14.2 Å². The van der Waals surface area contributed by atoms with E-state index in [1.165, 1.54) is 7.11 Å². The number of carboxylic acids is 1. The van der Waals surface area contributed by atoms with Crippen LogP contribution < -0.4 is 15.2 Å². The van der Waals surface area contributed by atoms with Gasteiger partial charge in [0.05, 0.1) is 20.6 Å². The first-order valence-corrected chi connectivity index (χ1v) is 5.20. The van der Waals surface area contributed by atoms with Gasteiger partial charge < -0.3 is 20.3 Å². The summed E-state index contributed by atoms with van der Waals surface area (Å²) < 4.78 is 10.4. The normalized spacial score (nSPS) is 12.0. The van der Waals surface area contributed by atoms with Crippen molar-refractivity contribution in [2.45, 2.75) is 19.4 Å². The fourth-order valence-corrected chi connectivity index (χ4v) is 1.78. The molecule has 94 valence electrons. The molecular weight excluding hydrogens is 222 g/mol. The minimum atomic E-state index is -0.937. The zero-order chi connectivity index (χ0) is 13.0. The summed E-state index contributed by atoms with van der Waals surface area (Å²) in [5.74, 6) is 0.333. The van der Waals surface area contributed by atoms with Crippen molar-refractivity contribution in [3.05, 3.63) is 23.3 Å². The lowest BCUT2D eigenvalue weighted by Gasteiger charge is -2.17. The lowest BCUT2D eigenvalue weighted by Crippen LogP contribution is -2.16. The van der Waals surface area contributed by atoms with Crippen LogP contribution in [0.3, 0.4) is 0 Å². The summed E-state index contributed by atoms with van der Waals surface area (Å²) in [5.41, 5.74) is 7.32. The van der Waals surface area contributed by atoms with Crippen LogP contribution >= 0.6 is 0 Å². The maximum absolute atomic E-state index is 10.6. The van der Waals surface area contributed by atoms with Gasteiger partial charge in [0.25, 0.3) is 0 Å². The molecule has 1 unspecified atom stereocenters. The Morgan fingerprint density at radius 1 is 1.41 bits per heavy atom. The number of carbonyl (C=O) groups is 1. The standard InChI is InChI=1S/C12H17NO4/c1-7-10(16-2)5-4-8(12(7)17-3)9(13)6-11(14)15/h4-5,9H,6,13H2,1-3H3,(H,14,15). The third-order valence-electron chi connectivity index (χ3n) is 2.60. The highest BCUT2D eigenvalue weighted by Crippen LogP contribution is 2.34. The molecule has 0 aliphatic heterocycles. The summed E-state index contributed by atoms with van der Waals surface area (Å²) in [6.45, 7) is 1.84. The van der Waals surface area contributed by atoms with E-state index >= 15 is 0 Å². The molecule has 0 fully saturated rings. The van der Waals surface area contributed by atoms with E-state index in [-0.39, 0.29) is 6.42 Å². The summed E-state index contributed by atoms with van der Waals surface area (Å²) >= 11 is 0. The minimum Gasteiger partial charge on any atom is -0.496 e. The van der Waals surface area contributed by atoms with Crippen molar-refractivity contribution in [3.63, 3.8) is 0 Å². The van der Waals surface area contributed by atoms with Crippen LogP contribution in [0.2, 0.25) is 0 Å². The molecule has 17 heavy (non-hydrogen) atoms. The fourth-order valence-electron chi connectivity index (χ4n) is 1.78. The maximum atomic E-state index is 10.6. The van der Waals surface area contributed by atoms with Gasteiger partial charge in [0.1, 0.15) is 11.5 Å². The molecule has 0 radical (unpaired) electrons. The number of hydrogen-bond acceptors (Lipinski definition) is 4. The molecule has 5 nitrogen and oxygen atoms in total. The largest absolute Gasteiger partial charge is 0.496 e. The molecule has 0 saturated heterocycles. The van der Waals surface area contributed by atoms with E-state index in [0.717, 1.165) is 5.56 Å². The van der Waals surface area contributed by atoms with Crippen molar-refractivity contribution in [1.29, 1.82) is 0 Å². The lowest BCUT2D eigenvalue weighted by molar-refractivity contribution is -0.137. The molecule has 0 aliphatic carbocycles. The van der Waals surface area contributed by atoms with Crippen molar-refractivity contribution in [1.82, 2.24) is 0 Å². The number of nitrogens with two attached hydrogens (primary N) is 1. The van der Waals surface area contributed by atoms with Gasteiger partial charge in [0.15, 0.2) is 0 Å². The lowest BCUT2D eigenvalue weighted by atomic mass is 10.00. The predicted octanol–water partition coefficient (Wildman–Crippen LogP) is 1.49. The zero-order valence-corrected chi connectivity index (χ0v) is 10.2. The topological polar surface area (TPSA) is 81.8 Å². The summed E-state index contributed by atoms with van der Waals surface area (Å²) in [4.78, 5) is 10.6. The second-order valence-corrected chi connectivity index (χ2v) is 3.72. The van der Waals surface area contributed by atoms with Gasteiger partial charge >= 0.3 is 5.97 Å². The van der Waals surface area contributed by atoms with E-state index in [4.69, 9.17) is 20.3 Å². The summed E-state index contributed by atoms with van der Waals surface area (Å²) in [7, 11) is 3.09. The number of rotatable bonds is 5. The molecule has 0 spiro atoms. The van der Waals surface area contributed by atoms with Gasteiger partial charge in [-0.25, -0.2) is 0 Å². The zero-order valence-electron chi connectivity index (χ0n) is 10.2. The Balaban J connectivity index is 3.16. The van der Waals surface area contributed by atoms with Crippen LogP contribution in [0.15, 0.2) is 12.1 Å². The highest BCUT2D eigenvalue weighted by atomic mass is 16.5. The molecule has 1 aromatic rings. The first-order valence-electron chi connectivity index (χ1n) is 5.20. The average Bonchev–Trinajstić information content (AvgIpc) is 2.27. The Labute approximate surface area is 100 Å². The Morgan fingerprint density at radius 3 is 2.53 bits per heavy atom. The van der Waals surface area contributed by atoms with Gasteiger partial charge in [0.2, 0.25) is 0 Å². The number of methoxy groups -OCH3 is 2. The van der Waals surface area contributed by atoms with Gasteiger partial charge in [-0.3, -0.25) is 4.79 Å². The quantitative estimate of drug-likeness (QED) is 0.813. The minimum absolute atomic E-state index is 0.137. The second-order valence-electron chi connectivity index (χ2n) is 3.72. The average molecular weight is 239 g/mol. The molecule has 0 aromatic heterocycles. The predicted molar refractivity (Wildman–Crippen MR) is 63.5 cm³/mol. The first kappa shape index (κ1) is 13.3. The Kier molecular flexibility index (Phi) is 4.34. The number of hydrogen-bond donors (Lipinski definition) is 2. The van der Waals surface area contributed by atoms with Crippen LogP contribution in [0.1, 0.15) is 23.6 Å². The molecule has 1 aromatic carbocycles. The van der Waals surface area contributed by atoms with Crippen LogP contribution in [0, 0.1) is 6.92 Å². The number of aliphatic carboxylic acids is 1. The Morgan fingerprint density at radius 2 is 2.06 bits per heavy atom. The molecule has 0 saturated carbocycles. The van der Waals surface area contributed by atoms with E-state index in [1.807, 2.05) is 6.92 Å². The van der Waals surface area contributed by atoms with E-state index < -0.39 is 12.0 Å². The summed E-state index contributed by atoms with van der Waals surface area (Å²) in [6.07, 6.45) is -0.137. The van der Waals surface area contributed by atoms with Gasteiger partial charge in [-0.15, -0.1) is 0 Å². The molecule has 1 atom stereocenters. The SMILES string of the molecule is COc1ccc(C(N)CC(=O)O)c(OC)c1C.